The average molecular weight is 344 g/mol. The van der Waals surface area contributed by atoms with Gasteiger partial charge in [0, 0.05) is 6.04 Å². The summed E-state index contributed by atoms with van der Waals surface area (Å²) < 4.78 is 0. The largest absolute Gasteiger partial charge is 0.353 e. The molecule has 134 valence electrons. The molecule has 1 aromatic carbocycles. The number of nitrogens with zero attached hydrogens (tertiary/aromatic N) is 1. The Labute approximate surface area is 147 Å². The number of fused-ring (bicyclic) bond motifs is 1. The summed E-state index contributed by atoms with van der Waals surface area (Å²) in [7, 11) is 2.06. The third-order valence-corrected chi connectivity index (χ3v) is 4.85. The van der Waals surface area contributed by atoms with Crippen LogP contribution in [0.2, 0.25) is 0 Å². The molecule has 0 aliphatic carbocycles. The fraction of sp³-hybridized carbons (Fsp3) is 0.500. The van der Waals surface area contributed by atoms with Crippen LogP contribution in [0.3, 0.4) is 0 Å². The van der Waals surface area contributed by atoms with E-state index in [1.54, 1.807) is 12.1 Å². The highest BCUT2D eigenvalue weighted by Gasteiger charge is 2.31. The Morgan fingerprint density at radius 3 is 2.72 bits per heavy atom. The zero-order valence-electron chi connectivity index (χ0n) is 14.6. The number of hydrogen-bond donors (Lipinski definition) is 3. The lowest BCUT2D eigenvalue weighted by molar-refractivity contribution is -0.126. The van der Waals surface area contributed by atoms with E-state index in [1.165, 1.54) is 0 Å². The van der Waals surface area contributed by atoms with E-state index >= 15 is 0 Å². The molecule has 2 aliphatic rings. The number of carbonyl (C=O) groups excluding carboxylic acids is 3. The number of hydrogen-bond acceptors (Lipinski definition) is 4. The Hall–Kier alpha value is -2.41. The Bertz CT molecular complexity index is 696. The van der Waals surface area contributed by atoms with Crippen molar-refractivity contribution in [2.24, 2.45) is 0 Å². The number of amides is 3. The summed E-state index contributed by atoms with van der Waals surface area (Å²) in [5, 5.41) is 8.41. The number of carbonyl (C=O) groups is 3. The summed E-state index contributed by atoms with van der Waals surface area (Å²) in [5.74, 6) is -0.905. The van der Waals surface area contributed by atoms with E-state index < -0.39 is 6.04 Å². The molecule has 1 atom stereocenters. The van der Waals surface area contributed by atoms with Crippen molar-refractivity contribution >= 4 is 23.4 Å². The highest BCUT2D eigenvalue weighted by atomic mass is 16.2. The Balaban J connectivity index is 1.64. The standard InChI is InChI=1S/C18H24N4O3/c1-11-4-3-5-13-16(11)18(25)21-14(17(24)20-13)10-15(23)19-12-6-8-22(2)9-7-12/h3-5,12,14H,6-10H2,1-2H3,(H,19,23)(H,20,24)(H,21,25)/t14-/m0/s1. The molecule has 0 aromatic heterocycles. The van der Waals surface area contributed by atoms with Gasteiger partial charge in [0.2, 0.25) is 11.8 Å². The molecule has 0 unspecified atom stereocenters. The molecule has 1 aromatic rings. The molecule has 0 spiro atoms. The van der Waals surface area contributed by atoms with Gasteiger partial charge in [0.1, 0.15) is 6.04 Å². The SMILES string of the molecule is Cc1cccc2c1C(=O)N[C@@H](CC(=O)NC1CCN(C)CC1)C(=O)N2. The number of anilines is 1. The van der Waals surface area contributed by atoms with Crippen LogP contribution in [0, 0.1) is 6.92 Å². The number of rotatable bonds is 3. The Kier molecular flexibility index (Phi) is 5.03. The smallest absolute Gasteiger partial charge is 0.254 e. The monoisotopic (exact) mass is 344 g/mol. The second-order valence-electron chi connectivity index (χ2n) is 6.86. The maximum Gasteiger partial charge on any atom is 0.254 e. The lowest BCUT2D eigenvalue weighted by Crippen LogP contribution is -2.48. The summed E-state index contributed by atoms with van der Waals surface area (Å²) in [6.07, 6.45) is 1.74. The highest BCUT2D eigenvalue weighted by molar-refractivity contribution is 6.11. The number of benzene rings is 1. The fourth-order valence-corrected chi connectivity index (χ4v) is 3.36. The first-order valence-electron chi connectivity index (χ1n) is 8.63. The Morgan fingerprint density at radius 1 is 1.28 bits per heavy atom. The van der Waals surface area contributed by atoms with Gasteiger partial charge >= 0.3 is 0 Å². The molecule has 2 aliphatic heterocycles. The molecule has 1 fully saturated rings. The average Bonchev–Trinajstić information content (AvgIpc) is 2.67. The second-order valence-corrected chi connectivity index (χ2v) is 6.86. The third kappa shape index (κ3) is 3.99. The molecule has 1 saturated heterocycles. The van der Waals surface area contributed by atoms with Crippen molar-refractivity contribution in [3.05, 3.63) is 29.3 Å². The molecule has 3 N–H and O–H groups in total. The zero-order chi connectivity index (χ0) is 18.0. The molecule has 7 heteroatoms. The fourth-order valence-electron chi connectivity index (χ4n) is 3.36. The second kappa shape index (κ2) is 7.23. The molecule has 0 saturated carbocycles. The molecule has 0 radical (unpaired) electrons. The predicted octanol–water partition coefficient (Wildman–Crippen LogP) is 0.646. The van der Waals surface area contributed by atoms with Gasteiger partial charge in [0.05, 0.1) is 17.7 Å². The quantitative estimate of drug-likeness (QED) is 0.751. The minimum absolute atomic E-state index is 0.0586. The molecule has 0 bridgehead atoms. The van der Waals surface area contributed by atoms with Crippen LogP contribution in [-0.2, 0) is 9.59 Å². The number of piperidine rings is 1. The predicted molar refractivity (Wildman–Crippen MR) is 94.3 cm³/mol. The van der Waals surface area contributed by atoms with E-state index in [-0.39, 0.29) is 30.2 Å². The molecule has 2 heterocycles. The van der Waals surface area contributed by atoms with Gasteiger partial charge in [0.15, 0.2) is 0 Å². The van der Waals surface area contributed by atoms with Crippen LogP contribution in [0.4, 0.5) is 5.69 Å². The van der Waals surface area contributed by atoms with E-state index in [0.29, 0.717) is 11.3 Å². The van der Waals surface area contributed by atoms with Crippen LogP contribution in [-0.4, -0.2) is 54.8 Å². The van der Waals surface area contributed by atoms with E-state index in [4.69, 9.17) is 0 Å². The molecule has 3 amide bonds. The van der Waals surface area contributed by atoms with Gasteiger partial charge in [-0.2, -0.15) is 0 Å². The van der Waals surface area contributed by atoms with Gasteiger partial charge in [-0.1, -0.05) is 12.1 Å². The number of likely N-dealkylation sites (tertiary alicyclic amines) is 1. The van der Waals surface area contributed by atoms with Gasteiger partial charge in [-0.25, -0.2) is 0 Å². The summed E-state index contributed by atoms with van der Waals surface area (Å²) in [5.41, 5.74) is 1.72. The summed E-state index contributed by atoms with van der Waals surface area (Å²) in [6, 6.07) is 4.56. The van der Waals surface area contributed by atoms with Crippen LogP contribution in [0.5, 0.6) is 0 Å². The van der Waals surface area contributed by atoms with Crippen LogP contribution < -0.4 is 16.0 Å². The van der Waals surface area contributed by atoms with E-state index in [9.17, 15) is 14.4 Å². The zero-order valence-corrected chi connectivity index (χ0v) is 14.6. The maximum atomic E-state index is 12.4. The van der Waals surface area contributed by atoms with Crippen molar-refractivity contribution in [1.29, 1.82) is 0 Å². The minimum atomic E-state index is -0.870. The topological polar surface area (TPSA) is 90.5 Å². The minimum Gasteiger partial charge on any atom is -0.353 e. The lowest BCUT2D eigenvalue weighted by atomic mass is 10.0. The Morgan fingerprint density at radius 2 is 2.00 bits per heavy atom. The summed E-state index contributed by atoms with van der Waals surface area (Å²) in [4.78, 5) is 39.4. The summed E-state index contributed by atoms with van der Waals surface area (Å²) >= 11 is 0. The molecule has 25 heavy (non-hydrogen) atoms. The van der Waals surface area contributed by atoms with Crippen molar-refractivity contribution in [3.8, 4) is 0 Å². The van der Waals surface area contributed by atoms with Gasteiger partial charge in [-0.05, 0) is 51.5 Å². The maximum absolute atomic E-state index is 12.4. The van der Waals surface area contributed by atoms with E-state index in [1.807, 2.05) is 13.0 Å². The van der Waals surface area contributed by atoms with Crippen LogP contribution >= 0.6 is 0 Å². The van der Waals surface area contributed by atoms with Gasteiger partial charge in [0.25, 0.3) is 5.91 Å². The van der Waals surface area contributed by atoms with Crippen molar-refractivity contribution in [3.63, 3.8) is 0 Å². The summed E-state index contributed by atoms with van der Waals surface area (Å²) in [6.45, 7) is 3.71. The van der Waals surface area contributed by atoms with E-state index in [2.05, 4.69) is 27.9 Å². The highest BCUT2D eigenvalue weighted by Crippen LogP contribution is 2.22. The van der Waals surface area contributed by atoms with Crippen molar-refractivity contribution in [2.75, 3.05) is 25.5 Å². The number of nitrogens with one attached hydrogen (secondary N) is 3. The van der Waals surface area contributed by atoms with Crippen molar-refractivity contribution < 1.29 is 14.4 Å². The molecule has 7 nitrogen and oxygen atoms in total. The van der Waals surface area contributed by atoms with Crippen LogP contribution in [0.25, 0.3) is 0 Å². The first-order chi connectivity index (χ1) is 11.9. The molecular weight excluding hydrogens is 320 g/mol. The third-order valence-electron chi connectivity index (χ3n) is 4.85. The van der Waals surface area contributed by atoms with E-state index in [0.717, 1.165) is 31.5 Å². The van der Waals surface area contributed by atoms with Gasteiger partial charge in [-0.15, -0.1) is 0 Å². The van der Waals surface area contributed by atoms with Crippen LogP contribution in [0.15, 0.2) is 18.2 Å². The van der Waals surface area contributed by atoms with Crippen LogP contribution in [0.1, 0.15) is 35.2 Å². The van der Waals surface area contributed by atoms with Gasteiger partial charge in [-0.3, -0.25) is 14.4 Å². The first-order valence-corrected chi connectivity index (χ1v) is 8.63. The van der Waals surface area contributed by atoms with Crippen molar-refractivity contribution in [2.45, 2.75) is 38.3 Å². The molecule has 3 rings (SSSR count). The van der Waals surface area contributed by atoms with Gasteiger partial charge < -0.3 is 20.9 Å². The number of aryl methyl sites for hydroxylation is 1. The first kappa shape index (κ1) is 17.4. The lowest BCUT2D eigenvalue weighted by Gasteiger charge is -2.29. The normalized spacial score (nSPS) is 21.8. The van der Waals surface area contributed by atoms with Crippen molar-refractivity contribution in [1.82, 2.24) is 15.5 Å². The molecular formula is C18H24N4O3.